The number of halogens is 1. The van der Waals surface area contributed by atoms with Crippen LogP contribution in [0.2, 0.25) is 5.02 Å². The van der Waals surface area contributed by atoms with Crippen LogP contribution in [-0.2, 0) is 9.53 Å². The SMILES string of the molecule is COC(CNC(=O)C1CCCNC1)c1ccc(Cl)cc1. The van der Waals surface area contributed by atoms with Gasteiger partial charge in [-0.1, -0.05) is 23.7 Å². The van der Waals surface area contributed by atoms with E-state index in [-0.39, 0.29) is 17.9 Å². The first-order valence-electron chi connectivity index (χ1n) is 6.97. The highest BCUT2D eigenvalue weighted by molar-refractivity contribution is 6.30. The summed E-state index contributed by atoms with van der Waals surface area (Å²) in [4.78, 5) is 12.1. The van der Waals surface area contributed by atoms with Crippen LogP contribution >= 0.6 is 11.6 Å². The zero-order valence-corrected chi connectivity index (χ0v) is 12.5. The number of hydrogen-bond donors (Lipinski definition) is 2. The summed E-state index contributed by atoms with van der Waals surface area (Å²) in [5, 5.41) is 6.92. The van der Waals surface area contributed by atoms with Crippen molar-refractivity contribution >= 4 is 17.5 Å². The molecule has 0 spiro atoms. The van der Waals surface area contributed by atoms with Gasteiger partial charge in [0, 0.05) is 25.2 Å². The summed E-state index contributed by atoms with van der Waals surface area (Å²) >= 11 is 5.87. The van der Waals surface area contributed by atoms with E-state index in [1.54, 1.807) is 7.11 Å². The highest BCUT2D eigenvalue weighted by Crippen LogP contribution is 2.19. The third kappa shape index (κ3) is 4.20. The average Bonchev–Trinajstić information content (AvgIpc) is 2.50. The van der Waals surface area contributed by atoms with E-state index >= 15 is 0 Å². The number of nitrogens with one attached hydrogen (secondary N) is 2. The van der Waals surface area contributed by atoms with E-state index in [1.807, 2.05) is 24.3 Å². The van der Waals surface area contributed by atoms with Gasteiger partial charge in [0.1, 0.15) is 0 Å². The molecular formula is C15H21ClN2O2. The Hall–Kier alpha value is -1.10. The molecule has 20 heavy (non-hydrogen) atoms. The van der Waals surface area contributed by atoms with Crippen LogP contribution in [0.25, 0.3) is 0 Å². The monoisotopic (exact) mass is 296 g/mol. The molecular weight excluding hydrogens is 276 g/mol. The quantitative estimate of drug-likeness (QED) is 0.875. The van der Waals surface area contributed by atoms with Gasteiger partial charge in [-0.3, -0.25) is 4.79 Å². The van der Waals surface area contributed by atoms with Crippen molar-refractivity contribution in [2.75, 3.05) is 26.7 Å². The third-order valence-electron chi connectivity index (χ3n) is 3.66. The van der Waals surface area contributed by atoms with Gasteiger partial charge in [0.2, 0.25) is 5.91 Å². The molecule has 110 valence electrons. The minimum absolute atomic E-state index is 0.0754. The van der Waals surface area contributed by atoms with Crippen LogP contribution in [0.15, 0.2) is 24.3 Å². The zero-order valence-electron chi connectivity index (χ0n) is 11.7. The molecule has 1 fully saturated rings. The Kier molecular flexibility index (Phi) is 5.83. The lowest BCUT2D eigenvalue weighted by atomic mass is 9.98. The molecule has 2 rings (SSSR count). The van der Waals surface area contributed by atoms with Crippen LogP contribution in [0.5, 0.6) is 0 Å². The number of ether oxygens (including phenoxy) is 1. The highest BCUT2D eigenvalue weighted by atomic mass is 35.5. The molecule has 1 aliphatic rings. The molecule has 0 radical (unpaired) electrons. The fourth-order valence-electron chi connectivity index (χ4n) is 2.43. The van der Waals surface area contributed by atoms with E-state index in [9.17, 15) is 4.79 Å². The Balaban J connectivity index is 1.86. The van der Waals surface area contributed by atoms with Gasteiger partial charge in [-0.25, -0.2) is 0 Å². The zero-order chi connectivity index (χ0) is 14.4. The number of benzene rings is 1. The topological polar surface area (TPSA) is 50.4 Å². The van der Waals surface area contributed by atoms with Gasteiger partial charge in [0.25, 0.3) is 0 Å². The summed E-state index contributed by atoms with van der Waals surface area (Å²) in [5.41, 5.74) is 1.01. The molecule has 0 aromatic heterocycles. The smallest absolute Gasteiger partial charge is 0.224 e. The first-order valence-corrected chi connectivity index (χ1v) is 7.35. The molecule has 1 aromatic rings. The lowest BCUT2D eigenvalue weighted by molar-refractivity contribution is -0.126. The second-order valence-electron chi connectivity index (χ2n) is 5.06. The predicted molar refractivity (Wildman–Crippen MR) is 79.8 cm³/mol. The van der Waals surface area contributed by atoms with Crippen LogP contribution in [0.1, 0.15) is 24.5 Å². The molecule has 0 aliphatic carbocycles. The molecule has 2 N–H and O–H groups in total. The van der Waals surface area contributed by atoms with E-state index in [0.717, 1.165) is 31.5 Å². The molecule has 1 heterocycles. The normalized spacial score (nSPS) is 20.4. The van der Waals surface area contributed by atoms with Crippen molar-refractivity contribution in [3.05, 3.63) is 34.9 Å². The number of amides is 1. The standard InChI is InChI=1S/C15H21ClN2O2/c1-20-14(11-4-6-13(16)7-5-11)10-18-15(19)12-3-2-8-17-9-12/h4-7,12,14,17H,2-3,8-10H2,1H3,(H,18,19). The summed E-state index contributed by atoms with van der Waals surface area (Å²) in [6, 6.07) is 7.50. The average molecular weight is 297 g/mol. The molecule has 1 aliphatic heterocycles. The van der Waals surface area contributed by atoms with Gasteiger partial charge >= 0.3 is 0 Å². The maximum Gasteiger partial charge on any atom is 0.224 e. The van der Waals surface area contributed by atoms with E-state index in [4.69, 9.17) is 16.3 Å². The molecule has 4 nitrogen and oxygen atoms in total. The molecule has 0 saturated carbocycles. The molecule has 2 unspecified atom stereocenters. The van der Waals surface area contributed by atoms with E-state index in [2.05, 4.69) is 10.6 Å². The maximum atomic E-state index is 12.1. The molecule has 1 aromatic carbocycles. The Labute approximate surface area is 124 Å². The van der Waals surface area contributed by atoms with Crippen molar-refractivity contribution in [3.8, 4) is 0 Å². The number of hydrogen-bond acceptors (Lipinski definition) is 3. The van der Waals surface area contributed by atoms with Gasteiger partial charge < -0.3 is 15.4 Å². The largest absolute Gasteiger partial charge is 0.375 e. The first-order chi connectivity index (χ1) is 9.70. The van der Waals surface area contributed by atoms with Gasteiger partial charge in [-0.15, -0.1) is 0 Å². The number of piperidine rings is 1. The minimum Gasteiger partial charge on any atom is -0.375 e. The third-order valence-corrected chi connectivity index (χ3v) is 3.91. The van der Waals surface area contributed by atoms with E-state index in [0.29, 0.717) is 11.6 Å². The minimum atomic E-state index is -0.146. The van der Waals surface area contributed by atoms with Gasteiger partial charge in [-0.05, 0) is 37.1 Å². The first kappa shape index (κ1) is 15.3. The summed E-state index contributed by atoms with van der Waals surface area (Å²) in [5.74, 6) is 0.180. The summed E-state index contributed by atoms with van der Waals surface area (Å²) in [7, 11) is 1.65. The summed E-state index contributed by atoms with van der Waals surface area (Å²) in [6.07, 6.45) is 1.87. The number of methoxy groups -OCH3 is 1. The predicted octanol–water partition coefficient (Wildman–Crippen LogP) is 2.14. The second kappa shape index (κ2) is 7.62. The van der Waals surface area contributed by atoms with Gasteiger partial charge in [-0.2, -0.15) is 0 Å². The van der Waals surface area contributed by atoms with Crippen molar-refractivity contribution in [2.24, 2.45) is 5.92 Å². The number of carbonyl (C=O) groups is 1. The van der Waals surface area contributed by atoms with Crippen molar-refractivity contribution < 1.29 is 9.53 Å². The summed E-state index contributed by atoms with van der Waals surface area (Å²) in [6.45, 7) is 2.26. The molecule has 0 bridgehead atoms. The number of carbonyl (C=O) groups excluding carboxylic acids is 1. The Morgan fingerprint density at radius 3 is 2.85 bits per heavy atom. The van der Waals surface area contributed by atoms with Crippen LogP contribution in [0.3, 0.4) is 0 Å². The van der Waals surface area contributed by atoms with Crippen molar-refractivity contribution in [1.82, 2.24) is 10.6 Å². The van der Waals surface area contributed by atoms with Crippen LogP contribution in [0.4, 0.5) is 0 Å². The lowest BCUT2D eigenvalue weighted by Gasteiger charge is -2.23. The van der Waals surface area contributed by atoms with Crippen molar-refractivity contribution in [2.45, 2.75) is 18.9 Å². The van der Waals surface area contributed by atoms with Crippen LogP contribution < -0.4 is 10.6 Å². The second-order valence-corrected chi connectivity index (χ2v) is 5.50. The molecule has 1 amide bonds. The van der Waals surface area contributed by atoms with E-state index < -0.39 is 0 Å². The summed E-state index contributed by atoms with van der Waals surface area (Å²) < 4.78 is 5.44. The molecule has 2 atom stereocenters. The van der Waals surface area contributed by atoms with Crippen LogP contribution in [-0.4, -0.2) is 32.7 Å². The van der Waals surface area contributed by atoms with Gasteiger partial charge in [0.15, 0.2) is 0 Å². The Bertz CT molecular complexity index is 430. The Morgan fingerprint density at radius 2 is 2.25 bits per heavy atom. The highest BCUT2D eigenvalue weighted by Gasteiger charge is 2.21. The van der Waals surface area contributed by atoms with Crippen LogP contribution in [0, 0.1) is 5.92 Å². The van der Waals surface area contributed by atoms with Crippen molar-refractivity contribution in [3.63, 3.8) is 0 Å². The Morgan fingerprint density at radius 1 is 1.50 bits per heavy atom. The maximum absolute atomic E-state index is 12.1. The van der Waals surface area contributed by atoms with Gasteiger partial charge in [0.05, 0.1) is 12.0 Å². The number of rotatable bonds is 5. The fraction of sp³-hybridized carbons (Fsp3) is 0.533. The van der Waals surface area contributed by atoms with Crippen molar-refractivity contribution in [1.29, 1.82) is 0 Å². The fourth-order valence-corrected chi connectivity index (χ4v) is 2.55. The lowest BCUT2D eigenvalue weighted by Crippen LogP contribution is -2.41. The molecule has 1 saturated heterocycles. The molecule has 5 heteroatoms. The van der Waals surface area contributed by atoms with E-state index in [1.165, 1.54) is 0 Å².